The smallest absolute Gasteiger partial charge is 0.125 e. The van der Waals surface area contributed by atoms with Gasteiger partial charge in [0.2, 0.25) is 0 Å². The maximum absolute atomic E-state index is 5.73. The number of hydrogen-bond acceptors (Lipinski definition) is 3. The predicted molar refractivity (Wildman–Crippen MR) is 92.4 cm³/mol. The van der Waals surface area contributed by atoms with Gasteiger partial charge in [-0.1, -0.05) is 15.9 Å². The monoisotopic (exact) mass is 357 g/mol. The Morgan fingerprint density at radius 2 is 1.86 bits per heavy atom. The van der Waals surface area contributed by atoms with Crippen LogP contribution in [0.4, 0.5) is 0 Å². The molecule has 3 nitrogen and oxygen atoms in total. The van der Waals surface area contributed by atoms with Crippen molar-refractivity contribution < 1.29 is 9.47 Å². The minimum atomic E-state index is 0.143. The molecule has 21 heavy (non-hydrogen) atoms. The lowest BCUT2D eigenvalue weighted by molar-refractivity contribution is 0.133. The largest absolute Gasteiger partial charge is 0.496 e. The summed E-state index contributed by atoms with van der Waals surface area (Å²) in [7, 11) is 1.73. The van der Waals surface area contributed by atoms with E-state index in [1.165, 1.54) is 11.1 Å². The number of nitrogens with one attached hydrogen (secondary N) is 1. The minimum absolute atomic E-state index is 0.143. The van der Waals surface area contributed by atoms with Crippen LogP contribution in [0.3, 0.4) is 0 Å². The molecule has 0 aliphatic heterocycles. The first kappa shape index (κ1) is 18.5. The summed E-state index contributed by atoms with van der Waals surface area (Å²) in [5, 5.41) is 3.42. The van der Waals surface area contributed by atoms with Crippen LogP contribution in [0, 0.1) is 13.8 Å². The van der Waals surface area contributed by atoms with Crippen molar-refractivity contribution in [3.8, 4) is 5.75 Å². The molecular formula is C17H28BrNO2. The summed E-state index contributed by atoms with van der Waals surface area (Å²) in [6.45, 7) is 13.0. The number of hydrogen-bond donors (Lipinski definition) is 1. The van der Waals surface area contributed by atoms with Gasteiger partial charge in [-0.15, -0.1) is 0 Å². The summed E-state index contributed by atoms with van der Waals surface area (Å²) < 4.78 is 12.4. The molecule has 0 heterocycles. The number of benzene rings is 1. The van der Waals surface area contributed by atoms with Gasteiger partial charge in [-0.2, -0.15) is 0 Å². The summed E-state index contributed by atoms with van der Waals surface area (Å²) in [4.78, 5) is 0. The molecule has 1 aromatic carbocycles. The highest BCUT2D eigenvalue weighted by Crippen LogP contribution is 2.32. The molecule has 0 fully saturated rings. The van der Waals surface area contributed by atoms with Crippen LogP contribution < -0.4 is 10.1 Å². The van der Waals surface area contributed by atoms with E-state index in [0.29, 0.717) is 6.61 Å². The van der Waals surface area contributed by atoms with Crippen molar-refractivity contribution in [2.24, 2.45) is 0 Å². The van der Waals surface area contributed by atoms with Gasteiger partial charge < -0.3 is 14.8 Å². The maximum Gasteiger partial charge on any atom is 0.125 e. The fraction of sp³-hybridized carbons (Fsp3) is 0.647. The Balaban J connectivity index is 2.52. The van der Waals surface area contributed by atoms with Gasteiger partial charge in [0.1, 0.15) is 5.75 Å². The van der Waals surface area contributed by atoms with Gasteiger partial charge in [-0.05, 0) is 58.2 Å². The van der Waals surface area contributed by atoms with E-state index >= 15 is 0 Å². The Hall–Kier alpha value is -0.580. The van der Waals surface area contributed by atoms with Gasteiger partial charge in [-0.25, -0.2) is 0 Å². The molecule has 0 unspecified atom stereocenters. The maximum atomic E-state index is 5.73. The lowest BCUT2D eigenvalue weighted by Gasteiger charge is -2.20. The van der Waals surface area contributed by atoms with Crippen molar-refractivity contribution in [3.05, 3.63) is 27.2 Å². The molecular weight excluding hydrogens is 330 g/mol. The zero-order valence-corrected chi connectivity index (χ0v) is 15.7. The number of methoxy groups -OCH3 is 1. The third-order valence-corrected chi connectivity index (χ3v) is 4.21. The predicted octanol–water partition coefficient (Wildman–Crippen LogP) is 4.02. The van der Waals surface area contributed by atoms with Crippen LogP contribution >= 0.6 is 15.9 Å². The van der Waals surface area contributed by atoms with Gasteiger partial charge in [0.25, 0.3) is 0 Å². The van der Waals surface area contributed by atoms with Crippen LogP contribution in [0.5, 0.6) is 5.75 Å². The number of rotatable bonds is 7. The van der Waals surface area contributed by atoms with Crippen molar-refractivity contribution in [2.45, 2.75) is 46.6 Å². The van der Waals surface area contributed by atoms with Gasteiger partial charge in [0, 0.05) is 22.1 Å². The van der Waals surface area contributed by atoms with E-state index < -0.39 is 0 Å². The van der Waals surface area contributed by atoms with Crippen LogP contribution in [-0.4, -0.2) is 32.4 Å². The quantitative estimate of drug-likeness (QED) is 0.747. The molecule has 0 radical (unpaired) electrons. The summed E-state index contributed by atoms with van der Waals surface area (Å²) in [5.74, 6) is 0.979. The first-order valence-electron chi connectivity index (χ1n) is 7.41. The van der Waals surface area contributed by atoms with E-state index in [2.05, 4.69) is 61.9 Å². The Morgan fingerprint density at radius 1 is 1.19 bits per heavy atom. The lowest BCUT2D eigenvalue weighted by atomic mass is 10.0. The summed E-state index contributed by atoms with van der Waals surface area (Å²) in [6.07, 6.45) is 0.866. The second kappa shape index (κ2) is 8.16. The molecule has 0 aliphatic carbocycles. The first-order chi connectivity index (χ1) is 9.76. The van der Waals surface area contributed by atoms with E-state index in [-0.39, 0.29) is 5.54 Å². The van der Waals surface area contributed by atoms with Crippen molar-refractivity contribution in [2.75, 3.05) is 26.9 Å². The van der Waals surface area contributed by atoms with Crippen LogP contribution in [0.1, 0.15) is 37.5 Å². The Bertz CT molecular complexity index is 467. The molecule has 4 heteroatoms. The second-order valence-electron chi connectivity index (χ2n) is 6.35. The molecule has 1 rings (SSSR count). The van der Waals surface area contributed by atoms with Gasteiger partial charge in [-0.3, -0.25) is 0 Å². The number of halogens is 1. The van der Waals surface area contributed by atoms with Gasteiger partial charge in [0.05, 0.1) is 20.3 Å². The third-order valence-electron chi connectivity index (χ3n) is 3.39. The summed E-state index contributed by atoms with van der Waals surface area (Å²) in [6, 6.07) is 2.10. The average Bonchev–Trinajstić information content (AvgIpc) is 2.37. The summed E-state index contributed by atoms with van der Waals surface area (Å²) >= 11 is 3.61. The molecule has 0 amide bonds. The zero-order valence-electron chi connectivity index (χ0n) is 14.1. The lowest BCUT2D eigenvalue weighted by Crippen LogP contribution is -2.38. The Kier molecular flexibility index (Phi) is 7.17. The van der Waals surface area contributed by atoms with Crippen LogP contribution in [-0.2, 0) is 11.2 Å². The molecule has 1 N–H and O–H groups in total. The van der Waals surface area contributed by atoms with E-state index in [1.807, 2.05) is 0 Å². The fourth-order valence-corrected chi connectivity index (χ4v) is 2.86. The molecule has 0 atom stereocenters. The molecule has 0 saturated carbocycles. The standard InChI is InChI=1S/C17H28BrNO2/c1-12-11-15(18)13(2)14(16(12)20-6)7-9-21-10-8-19-17(3,4)5/h11,19H,7-10H2,1-6H3. The van der Waals surface area contributed by atoms with E-state index in [1.54, 1.807) is 7.11 Å². The molecule has 0 aromatic heterocycles. The SMILES string of the molecule is COc1c(C)cc(Br)c(C)c1CCOCCNC(C)(C)C. The van der Waals surface area contributed by atoms with E-state index in [0.717, 1.165) is 35.4 Å². The van der Waals surface area contributed by atoms with Crippen molar-refractivity contribution in [1.82, 2.24) is 5.32 Å². The average molecular weight is 358 g/mol. The topological polar surface area (TPSA) is 30.5 Å². The van der Waals surface area contributed by atoms with Crippen molar-refractivity contribution in [1.29, 1.82) is 0 Å². The zero-order chi connectivity index (χ0) is 16.0. The minimum Gasteiger partial charge on any atom is -0.496 e. The molecule has 1 aromatic rings. The molecule has 0 bridgehead atoms. The van der Waals surface area contributed by atoms with Crippen LogP contribution in [0.15, 0.2) is 10.5 Å². The molecule has 120 valence electrons. The number of ether oxygens (including phenoxy) is 2. The normalized spacial score (nSPS) is 11.8. The van der Waals surface area contributed by atoms with Crippen molar-refractivity contribution >= 4 is 15.9 Å². The Labute approximate surface area is 137 Å². The van der Waals surface area contributed by atoms with Gasteiger partial charge >= 0.3 is 0 Å². The molecule has 0 aliphatic rings. The first-order valence-corrected chi connectivity index (χ1v) is 8.21. The van der Waals surface area contributed by atoms with E-state index in [4.69, 9.17) is 9.47 Å². The highest BCUT2D eigenvalue weighted by atomic mass is 79.9. The third kappa shape index (κ3) is 5.97. The van der Waals surface area contributed by atoms with E-state index in [9.17, 15) is 0 Å². The molecule has 0 spiro atoms. The van der Waals surface area contributed by atoms with Gasteiger partial charge in [0.15, 0.2) is 0 Å². The van der Waals surface area contributed by atoms with Crippen LogP contribution in [0.2, 0.25) is 0 Å². The molecule has 0 saturated heterocycles. The second-order valence-corrected chi connectivity index (χ2v) is 7.21. The summed E-state index contributed by atoms with van der Waals surface area (Å²) in [5.41, 5.74) is 3.76. The van der Waals surface area contributed by atoms with Crippen LogP contribution in [0.25, 0.3) is 0 Å². The highest BCUT2D eigenvalue weighted by molar-refractivity contribution is 9.10. The Morgan fingerprint density at radius 3 is 2.43 bits per heavy atom. The highest BCUT2D eigenvalue weighted by Gasteiger charge is 2.13. The number of aryl methyl sites for hydroxylation is 1. The van der Waals surface area contributed by atoms with Crippen molar-refractivity contribution in [3.63, 3.8) is 0 Å². The fourth-order valence-electron chi connectivity index (χ4n) is 2.28.